The number of nitrogens with zero attached hydrogens (tertiary/aromatic N) is 1. The standard InChI is InChI=1S/C11H18BrNO3/c1-10(2,3)16-9(15)13-6-11(4,7-13)8(14)5-12/h5-7H2,1-4H3. The summed E-state index contributed by atoms with van der Waals surface area (Å²) in [5.41, 5.74) is -0.886. The van der Waals surface area contributed by atoms with Crippen LogP contribution in [0, 0.1) is 5.41 Å². The van der Waals surface area contributed by atoms with Crippen molar-refractivity contribution in [3.8, 4) is 0 Å². The van der Waals surface area contributed by atoms with Crippen LogP contribution in [0.3, 0.4) is 0 Å². The molecule has 1 aliphatic rings. The highest BCUT2D eigenvalue weighted by molar-refractivity contribution is 9.09. The van der Waals surface area contributed by atoms with Crippen molar-refractivity contribution in [1.82, 2.24) is 4.90 Å². The van der Waals surface area contributed by atoms with Crippen LogP contribution in [-0.2, 0) is 9.53 Å². The molecule has 16 heavy (non-hydrogen) atoms. The van der Waals surface area contributed by atoms with Gasteiger partial charge in [-0.25, -0.2) is 4.79 Å². The largest absolute Gasteiger partial charge is 0.444 e. The molecule has 0 saturated carbocycles. The van der Waals surface area contributed by atoms with Crippen molar-refractivity contribution in [3.63, 3.8) is 0 Å². The van der Waals surface area contributed by atoms with Crippen LogP contribution < -0.4 is 0 Å². The molecule has 1 heterocycles. The molecule has 1 aliphatic heterocycles. The monoisotopic (exact) mass is 291 g/mol. The minimum absolute atomic E-state index is 0.132. The van der Waals surface area contributed by atoms with E-state index >= 15 is 0 Å². The third-order valence-electron chi connectivity index (χ3n) is 2.53. The van der Waals surface area contributed by atoms with Gasteiger partial charge in [0.05, 0.1) is 10.7 Å². The Balaban J connectivity index is 2.47. The summed E-state index contributed by atoms with van der Waals surface area (Å²) in [5.74, 6) is 0.132. The number of carbonyl (C=O) groups excluding carboxylic acids is 2. The molecule has 0 atom stereocenters. The van der Waals surface area contributed by atoms with Gasteiger partial charge < -0.3 is 9.64 Å². The van der Waals surface area contributed by atoms with E-state index in [1.165, 1.54) is 0 Å². The maximum absolute atomic E-state index is 11.6. The third-order valence-corrected chi connectivity index (χ3v) is 3.04. The Morgan fingerprint density at radius 1 is 1.38 bits per heavy atom. The maximum Gasteiger partial charge on any atom is 0.410 e. The summed E-state index contributed by atoms with van der Waals surface area (Å²) in [4.78, 5) is 24.7. The lowest BCUT2D eigenvalue weighted by atomic mass is 9.79. The molecular formula is C11H18BrNO3. The Morgan fingerprint density at radius 3 is 2.25 bits per heavy atom. The number of rotatable bonds is 2. The van der Waals surface area contributed by atoms with Gasteiger partial charge in [0.2, 0.25) is 0 Å². The first-order chi connectivity index (χ1) is 7.18. The zero-order valence-corrected chi connectivity index (χ0v) is 11.8. The lowest BCUT2D eigenvalue weighted by Crippen LogP contribution is -2.61. The minimum Gasteiger partial charge on any atom is -0.444 e. The van der Waals surface area contributed by atoms with E-state index in [1.54, 1.807) is 4.90 Å². The van der Waals surface area contributed by atoms with Gasteiger partial charge in [-0.15, -0.1) is 0 Å². The van der Waals surface area contributed by atoms with Crippen molar-refractivity contribution in [1.29, 1.82) is 0 Å². The van der Waals surface area contributed by atoms with E-state index in [2.05, 4.69) is 15.9 Å². The summed E-state index contributed by atoms with van der Waals surface area (Å²) in [7, 11) is 0. The van der Waals surface area contributed by atoms with Crippen LogP contribution in [0.1, 0.15) is 27.7 Å². The van der Waals surface area contributed by atoms with Gasteiger partial charge in [0, 0.05) is 13.1 Å². The van der Waals surface area contributed by atoms with Crippen LogP contribution in [0.25, 0.3) is 0 Å². The summed E-state index contributed by atoms with van der Waals surface area (Å²) < 4.78 is 5.21. The second-order valence-electron chi connectivity index (χ2n) is 5.45. The summed E-state index contributed by atoms with van der Waals surface area (Å²) in [6.07, 6.45) is -0.340. The van der Waals surface area contributed by atoms with Crippen LogP contribution in [-0.4, -0.2) is 40.8 Å². The molecule has 0 bridgehead atoms. The van der Waals surface area contributed by atoms with Crippen molar-refractivity contribution >= 4 is 27.8 Å². The molecule has 1 rings (SSSR count). The predicted molar refractivity (Wildman–Crippen MR) is 64.7 cm³/mol. The highest BCUT2D eigenvalue weighted by Gasteiger charge is 2.47. The number of likely N-dealkylation sites (tertiary alicyclic amines) is 1. The molecule has 92 valence electrons. The van der Waals surface area contributed by atoms with E-state index in [0.717, 1.165) is 0 Å². The van der Waals surface area contributed by atoms with Crippen LogP contribution in [0.5, 0.6) is 0 Å². The first-order valence-corrected chi connectivity index (χ1v) is 6.37. The van der Waals surface area contributed by atoms with E-state index in [4.69, 9.17) is 4.74 Å². The van der Waals surface area contributed by atoms with E-state index in [1.807, 2.05) is 27.7 Å². The zero-order valence-electron chi connectivity index (χ0n) is 10.2. The first-order valence-electron chi connectivity index (χ1n) is 5.25. The fraction of sp³-hybridized carbons (Fsp3) is 0.818. The Bertz CT molecular complexity index is 303. The third kappa shape index (κ3) is 2.97. The number of alkyl halides is 1. The quantitative estimate of drug-likeness (QED) is 0.733. The predicted octanol–water partition coefficient (Wildman–Crippen LogP) is 2.21. The van der Waals surface area contributed by atoms with Gasteiger partial charge in [0.15, 0.2) is 5.78 Å². The van der Waals surface area contributed by atoms with Crippen LogP contribution >= 0.6 is 15.9 Å². The van der Waals surface area contributed by atoms with Gasteiger partial charge in [-0.1, -0.05) is 15.9 Å². The van der Waals surface area contributed by atoms with E-state index < -0.39 is 11.0 Å². The highest BCUT2D eigenvalue weighted by Crippen LogP contribution is 2.32. The van der Waals surface area contributed by atoms with Gasteiger partial charge in [-0.2, -0.15) is 0 Å². The fourth-order valence-corrected chi connectivity index (χ4v) is 2.27. The summed E-state index contributed by atoms with van der Waals surface area (Å²) >= 11 is 3.15. The highest BCUT2D eigenvalue weighted by atomic mass is 79.9. The Labute approximate surface area is 104 Å². The number of amides is 1. The molecule has 0 radical (unpaired) electrons. The van der Waals surface area contributed by atoms with Gasteiger partial charge in [0.1, 0.15) is 5.60 Å². The molecule has 1 amide bonds. The number of halogens is 1. The smallest absolute Gasteiger partial charge is 0.410 e. The molecule has 0 spiro atoms. The summed E-state index contributed by atoms with van der Waals surface area (Å²) in [6, 6.07) is 0. The number of ketones is 1. The number of carbonyl (C=O) groups is 2. The van der Waals surface area contributed by atoms with Crippen LogP contribution in [0.15, 0.2) is 0 Å². The number of hydrogen-bond donors (Lipinski definition) is 0. The SMILES string of the molecule is CC(C)(C)OC(=O)N1CC(C)(C(=O)CBr)C1. The number of Topliss-reactive ketones (excluding diaryl/α,β-unsaturated/α-hetero) is 1. The summed E-state index contributed by atoms with van der Waals surface area (Å²) in [5, 5.41) is 0.339. The summed E-state index contributed by atoms with van der Waals surface area (Å²) in [6.45, 7) is 8.25. The average molecular weight is 292 g/mol. The average Bonchev–Trinajstić information content (AvgIpc) is 2.08. The van der Waals surface area contributed by atoms with Crippen molar-refractivity contribution in [3.05, 3.63) is 0 Å². The molecule has 0 aromatic heterocycles. The molecule has 0 N–H and O–H groups in total. The van der Waals surface area contributed by atoms with Gasteiger partial charge >= 0.3 is 6.09 Å². The molecule has 5 heteroatoms. The maximum atomic E-state index is 11.6. The van der Waals surface area contributed by atoms with Crippen LogP contribution in [0.4, 0.5) is 4.79 Å². The zero-order chi connectivity index (χ0) is 12.6. The molecule has 0 unspecified atom stereocenters. The Hall–Kier alpha value is -0.580. The molecule has 0 aromatic rings. The van der Waals surface area contributed by atoms with Gasteiger partial charge in [-0.3, -0.25) is 4.79 Å². The van der Waals surface area contributed by atoms with E-state index in [9.17, 15) is 9.59 Å². The Morgan fingerprint density at radius 2 is 1.88 bits per heavy atom. The molecule has 1 saturated heterocycles. The molecule has 0 aliphatic carbocycles. The molecule has 4 nitrogen and oxygen atoms in total. The second kappa shape index (κ2) is 4.35. The first kappa shape index (κ1) is 13.5. The minimum atomic E-state index is -0.484. The topological polar surface area (TPSA) is 46.6 Å². The molecule has 1 fully saturated rings. The normalized spacial score (nSPS) is 18.9. The van der Waals surface area contributed by atoms with E-state index in [0.29, 0.717) is 18.4 Å². The van der Waals surface area contributed by atoms with Crippen molar-refractivity contribution in [2.24, 2.45) is 5.41 Å². The van der Waals surface area contributed by atoms with Crippen molar-refractivity contribution in [2.75, 3.05) is 18.4 Å². The fourth-order valence-electron chi connectivity index (χ4n) is 1.59. The molecule has 0 aromatic carbocycles. The van der Waals surface area contributed by atoms with Crippen LogP contribution in [0.2, 0.25) is 0 Å². The molecular weight excluding hydrogens is 274 g/mol. The number of ether oxygens (including phenoxy) is 1. The van der Waals surface area contributed by atoms with Gasteiger partial charge in [-0.05, 0) is 27.7 Å². The number of hydrogen-bond acceptors (Lipinski definition) is 3. The lowest BCUT2D eigenvalue weighted by Gasteiger charge is -2.46. The van der Waals surface area contributed by atoms with Gasteiger partial charge in [0.25, 0.3) is 0 Å². The Kier molecular flexibility index (Phi) is 3.67. The second-order valence-corrected chi connectivity index (χ2v) is 6.01. The van der Waals surface area contributed by atoms with Crippen molar-refractivity contribution in [2.45, 2.75) is 33.3 Å². The van der Waals surface area contributed by atoms with Crippen molar-refractivity contribution < 1.29 is 14.3 Å². The van der Waals surface area contributed by atoms with E-state index in [-0.39, 0.29) is 11.9 Å². The lowest BCUT2D eigenvalue weighted by molar-refractivity contribution is -0.133.